The van der Waals surface area contributed by atoms with Crippen LogP contribution in [-0.4, -0.2) is 38.2 Å². The van der Waals surface area contributed by atoms with Gasteiger partial charge < -0.3 is 15.0 Å². The van der Waals surface area contributed by atoms with Gasteiger partial charge in [-0.2, -0.15) is 0 Å². The number of rotatable bonds is 5. The van der Waals surface area contributed by atoms with Crippen LogP contribution in [0.25, 0.3) is 0 Å². The van der Waals surface area contributed by atoms with Crippen LogP contribution in [0.5, 0.6) is 5.75 Å². The Morgan fingerprint density at radius 1 is 1.33 bits per heavy atom. The Labute approximate surface area is 110 Å². The highest BCUT2D eigenvalue weighted by molar-refractivity contribution is 5.55. The van der Waals surface area contributed by atoms with Gasteiger partial charge in [0.1, 0.15) is 5.75 Å². The first kappa shape index (κ1) is 13.2. The maximum absolute atomic E-state index is 5.34. The van der Waals surface area contributed by atoms with E-state index >= 15 is 0 Å². The fourth-order valence-electron chi connectivity index (χ4n) is 2.67. The Hall–Kier alpha value is -1.22. The van der Waals surface area contributed by atoms with Crippen LogP contribution in [-0.2, 0) is 0 Å². The van der Waals surface area contributed by atoms with E-state index in [1.54, 1.807) is 7.11 Å². The quantitative estimate of drug-likeness (QED) is 0.867. The molecule has 0 saturated carbocycles. The summed E-state index contributed by atoms with van der Waals surface area (Å²) in [7, 11) is 3.96. The van der Waals surface area contributed by atoms with Gasteiger partial charge in [0.15, 0.2) is 0 Å². The monoisotopic (exact) mass is 248 g/mol. The van der Waals surface area contributed by atoms with Crippen molar-refractivity contribution < 1.29 is 4.74 Å². The van der Waals surface area contributed by atoms with Crippen LogP contribution in [0.15, 0.2) is 24.3 Å². The molecule has 0 aromatic heterocycles. The summed E-state index contributed by atoms with van der Waals surface area (Å²) in [6.07, 6.45) is 5.27. The Balaban J connectivity index is 1.80. The summed E-state index contributed by atoms with van der Waals surface area (Å²) < 4.78 is 5.34. The van der Waals surface area contributed by atoms with E-state index in [9.17, 15) is 0 Å². The van der Waals surface area contributed by atoms with E-state index in [1.807, 2.05) is 18.2 Å². The highest BCUT2D eigenvalue weighted by atomic mass is 16.5. The van der Waals surface area contributed by atoms with Crippen molar-refractivity contribution >= 4 is 5.69 Å². The minimum absolute atomic E-state index is 0.737. The fraction of sp³-hybridized carbons (Fsp3) is 0.600. The molecule has 1 aromatic carbocycles. The molecular weight excluding hydrogens is 224 g/mol. The highest BCUT2D eigenvalue weighted by Crippen LogP contribution is 2.23. The molecule has 1 fully saturated rings. The lowest BCUT2D eigenvalue weighted by molar-refractivity contribution is 0.179. The number of anilines is 1. The molecule has 0 radical (unpaired) electrons. The van der Waals surface area contributed by atoms with Crippen molar-refractivity contribution in [1.29, 1.82) is 0 Å². The molecule has 0 amide bonds. The normalized spacial score (nSPS) is 20.7. The topological polar surface area (TPSA) is 24.5 Å². The van der Waals surface area contributed by atoms with E-state index in [-0.39, 0.29) is 0 Å². The third-order valence-electron chi connectivity index (χ3n) is 3.82. The molecular formula is C15H24N2O. The molecule has 1 aliphatic heterocycles. The Kier molecular flexibility index (Phi) is 4.88. The summed E-state index contributed by atoms with van der Waals surface area (Å²) in [5.74, 6) is 0.925. The van der Waals surface area contributed by atoms with Crippen molar-refractivity contribution in [2.45, 2.75) is 31.7 Å². The van der Waals surface area contributed by atoms with E-state index in [0.717, 1.165) is 24.0 Å². The lowest BCUT2D eigenvalue weighted by Gasteiger charge is -2.32. The van der Waals surface area contributed by atoms with Gasteiger partial charge in [-0.05, 0) is 45.0 Å². The number of piperidine rings is 1. The third-order valence-corrected chi connectivity index (χ3v) is 3.82. The second kappa shape index (κ2) is 6.64. The Bertz CT molecular complexity index is 367. The lowest BCUT2D eigenvalue weighted by Crippen LogP contribution is -2.37. The van der Waals surface area contributed by atoms with Crippen molar-refractivity contribution in [2.75, 3.05) is 32.6 Å². The second-order valence-corrected chi connectivity index (χ2v) is 5.05. The minimum atomic E-state index is 0.737. The van der Waals surface area contributed by atoms with Crippen molar-refractivity contribution in [1.82, 2.24) is 4.90 Å². The van der Waals surface area contributed by atoms with Crippen molar-refractivity contribution in [2.24, 2.45) is 0 Å². The van der Waals surface area contributed by atoms with Crippen molar-refractivity contribution in [3.05, 3.63) is 24.3 Å². The first-order valence-electron chi connectivity index (χ1n) is 6.88. The molecule has 3 nitrogen and oxygen atoms in total. The zero-order valence-corrected chi connectivity index (χ0v) is 11.5. The molecule has 3 heteroatoms. The number of para-hydroxylation sites is 2. The van der Waals surface area contributed by atoms with E-state index in [4.69, 9.17) is 4.74 Å². The molecule has 0 aliphatic carbocycles. The van der Waals surface area contributed by atoms with Crippen LogP contribution in [0.4, 0.5) is 5.69 Å². The summed E-state index contributed by atoms with van der Waals surface area (Å²) >= 11 is 0. The summed E-state index contributed by atoms with van der Waals surface area (Å²) in [5, 5.41) is 3.48. The van der Waals surface area contributed by atoms with Crippen LogP contribution in [0, 0.1) is 0 Å². The van der Waals surface area contributed by atoms with Crippen LogP contribution in [0.3, 0.4) is 0 Å². The van der Waals surface area contributed by atoms with Gasteiger partial charge in [0, 0.05) is 12.6 Å². The standard InChI is InChI=1S/C15H24N2O/c1-17-12-6-5-7-13(17)10-11-16-14-8-3-4-9-15(14)18-2/h3-4,8-9,13,16H,5-7,10-12H2,1-2H3. The number of nitrogens with zero attached hydrogens (tertiary/aromatic N) is 1. The van der Waals surface area contributed by atoms with Crippen LogP contribution >= 0.6 is 0 Å². The molecule has 0 spiro atoms. The Morgan fingerprint density at radius 3 is 2.94 bits per heavy atom. The molecule has 1 heterocycles. The van der Waals surface area contributed by atoms with Gasteiger partial charge in [-0.1, -0.05) is 18.6 Å². The first-order chi connectivity index (χ1) is 8.81. The number of ether oxygens (including phenoxy) is 1. The first-order valence-corrected chi connectivity index (χ1v) is 6.88. The average Bonchev–Trinajstić information content (AvgIpc) is 2.41. The molecule has 1 saturated heterocycles. The van der Waals surface area contributed by atoms with Gasteiger partial charge in [-0.25, -0.2) is 0 Å². The second-order valence-electron chi connectivity index (χ2n) is 5.05. The molecule has 1 aliphatic rings. The van der Waals surface area contributed by atoms with Gasteiger partial charge >= 0.3 is 0 Å². The summed E-state index contributed by atoms with van der Waals surface area (Å²) in [4.78, 5) is 2.49. The van der Waals surface area contributed by atoms with Crippen molar-refractivity contribution in [3.63, 3.8) is 0 Å². The zero-order chi connectivity index (χ0) is 12.8. The van der Waals surface area contributed by atoms with Crippen molar-refractivity contribution in [3.8, 4) is 5.75 Å². The molecule has 18 heavy (non-hydrogen) atoms. The van der Waals surface area contributed by atoms with Gasteiger partial charge in [0.2, 0.25) is 0 Å². The lowest BCUT2D eigenvalue weighted by atomic mass is 10.0. The third kappa shape index (κ3) is 3.39. The predicted molar refractivity (Wildman–Crippen MR) is 76.4 cm³/mol. The molecule has 2 rings (SSSR count). The number of nitrogens with one attached hydrogen (secondary N) is 1. The van der Waals surface area contributed by atoms with Gasteiger partial charge in [-0.3, -0.25) is 0 Å². The molecule has 1 N–H and O–H groups in total. The van der Waals surface area contributed by atoms with Crippen LogP contribution in [0.1, 0.15) is 25.7 Å². The largest absolute Gasteiger partial charge is 0.495 e. The van der Waals surface area contributed by atoms with Crippen LogP contribution < -0.4 is 10.1 Å². The number of methoxy groups -OCH3 is 1. The zero-order valence-electron chi connectivity index (χ0n) is 11.5. The van der Waals surface area contributed by atoms with Gasteiger partial charge in [0.25, 0.3) is 0 Å². The summed E-state index contributed by atoms with van der Waals surface area (Å²) in [5.41, 5.74) is 1.10. The van der Waals surface area contributed by atoms with Gasteiger partial charge in [-0.15, -0.1) is 0 Å². The summed E-state index contributed by atoms with van der Waals surface area (Å²) in [6.45, 7) is 2.26. The molecule has 1 unspecified atom stereocenters. The maximum Gasteiger partial charge on any atom is 0.141 e. The molecule has 1 atom stereocenters. The average molecular weight is 248 g/mol. The van der Waals surface area contributed by atoms with E-state index < -0.39 is 0 Å². The molecule has 100 valence electrons. The Morgan fingerprint density at radius 2 is 2.17 bits per heavy atom. The highest BCUT2D eigenvalue weighted by Gasteiger charge is 2.18. The number of benzene rings is 1. The molecule has 0 bridgehead atoms. The minimum Gasteiger partial charge on any atom is -0.495 e. The van der Waals surface area contributed by atoms with Crippen LogP contribution in [0.2, 0.25) is 0 Å². The predicted octanol–water partition coefficient (Wildman–Crippen LogP) is 2.98. The summed E-state index contributed by atoms with van der Waals surface area (Å²) in [6, 6.07) is 8.84. The molecule has 1 aromatic rings. The van der Waals surface area contributed by atoms with E-state index in [2.05, 4.69) is 23.3 Å². The maximum atomic E-state index is 5.34. The smallest absolute Gasteiger partial charge is 0.141 e. The number of hydrogen-bond acceptors (Lipinski definition) is 3. The SMILES string of the molecule is COc1ccccc1NCCC1CCCCN1C. The van der Waals surface area contributed by atoms with E-state index in [0.29, 0.717) is 0 Å². The van der Waals surface area contributed by atoms with Gasteiger partial charge in [0.05, 0.1) is 12.8 Å². The fourth-order valence-corrected chi connectivity index (χ4v) is 2.67. The number of hydrogen-bond donors (Lipinski definition) is 1. The number of likely N-dealkylation sites (tertiary alicyclic amines) is 1. The van der Waals surface area contributed by atoms with E-state index in [1.165, 1.54) is 32.2 Å².